The van der Waals surface area contributed by atoms with Crippen LogP contribution in [0.5, 0.6) is 0 Å². The van der Waals surface area contributed by atoms with Crippen LogP contribution in [0.25, 0.3) is 0 Å². The minimum Gasteiger partial charge on any atom is -0.353 e. The van der Waals surface area contributed by atoms with Crippen LogP contribution in [0.2, 0.25) is 0 Å². The Morgan fingerprint density at radius 2 is 1.95 bits per heavy atom. The second-order valence-electron chi connectivity index (χ2n) is 6.66. The van der Waals surface area contributed by atoms with E-state index in [2.05, 4.69) is 56.1 Å². The average Bonchev–Trinajstić information content (AvgIpc) is 3.29. The first-order valence-electron chi connectivity index (χ1n) is 8.60. The highest BCUT2D eigenvalue weighted by Crippen LogP contribution is 2.22. The number of hydrogen-bond donors (Lipinski definition) is 1. The quantitative estimate of drug-likeness (QED) is 0.745. The number of anilines is 1. The Hall–Kier alpha value is -1.09. The van der Waals surface area contributed by atoms with Gasteiger partial charge in [-0.25, -0.2) is 4.98 Å². The van der Waals surface area contributed by atoms with Gasteiger partial charge in [-0.2, -0.15) is 0 Å². The van der Waals surface area contributed by atoms with Gasteiger partial charge in [0.2, 0.25) is 0 Å². The maximum absolute atomic E-state index is 4.91. The third-order valence-electron chi connectivity index (χ3n) is 4.18. The van der Waals surface area contributed by atoms with E-state index in [4.69, 9.17) is 4.98 Å². The molecule has 1 aliphatic carbocycles. The summed E-state index contributed by atoms with van der Waals surface area (Å²) in [5.74, 6) is 1.80. The van der Waals surface area contributed by atoms with E-state index in [0.717, 1.165) is 24.9 Å². The van der Waals surface area contributed by atoms with Crippen LogP contribution in [0.15, 0.2) is 18.2 Å². The minimum absolute atomic E-state index is 0.589. The van der Waals surface area contributed by atoms with Crippen LogP contribution in [-0.2, 0) is 6.54 Å². The third-order valence-corrected chi connectivity index (χ3v) is 4.18. The van der Waals surface area contributed by atoms with Crippen molar-refractivity contribution in [3.63, 3.8) is 0 Å². The summed E-state index contributed by atoms with van der Waals surface area (Å²) in [5, 5.41) is 3.56. The van der Waals surface area contributed by atoms with Crippen LogP contribution in [0, 0.1) is 5.92 Å². The molecule has 0 radical (unpaired) electrons. The highest BCUT2D eigenvalue weighted by Gasteiger charge is 2.21. The SMILES string of the molecule is CCC(CC)N(CC(C)C)c1cccc(CNC2CC2)n1. The first-order chi connectivity index (χ1) is 10.1. The fourth-order valence-corrected chi connectivity index (χ4v) is 2.81. The van der Waals surface area contributed by atoms with E-state index in [1.54, 1.807) is 0 Å². The first-order valence-corrected chi connectivity index (χ1v) is 8.60. The lowest BCUT2D eigenvalue weighted by molar-refractivity contribution is 0.502. The predicted molar refractivity (Wildman–Crippen MR) is 90.7 cm³/mol. The lowest BCUT2D eigenvalue weighted by atomic mass is 10.1. The van der Waals surface area contributed by atoms with Crippen molar-refractivity contribution >= 4 is 5.82 Å². The number of pyridine rings is 1. The van der Waals surface area contributed by atoms with Gasteiger partial charge in [-0.3, -0.25) is 0 Å². The van der Waals surface area contributed by atoms with Crippen molar-refractivity contribution in [1.82, 2.24) is 10.3 Å². The van der Waals surface area contributed by atoms with Crippen LogP contribution in [-0.4, -0.2) is 23.6 Å². The van der Waals surface area contributed by atoms with Crippen LogP contribution < -0.4 is 10.2 Å². The van der Waals surface area contributed by atoms with Crippen LogP contribution in [0.4, 0.5) is 5.82 Å². The Morgan fingerprint density at radius 1 is 1.24 bits per heavy atom. The fourth-order valence-electron chi connectivity index (χ4n) is 2.81. The zero-order valence-corrected chi connectivity index (χ0v) is 14.1. The molecule has 1 N–H and O–H groups in total. The summed E-state index contributed by atoms with van der Waals surface area (Å²) in [7, 11) is 0. The van der Waals surface area contributed by atoms with Crippen LogP contribution in [0.1, 0.15) is 59.1 Å². The number of hydrogen-bond acceptors (Lipinski definition) is 3. The molecule has 1 aliphatic rings. The van der Waals surface area contributed by atoms with E-state index in [-0.39, 0.29) is 0 Å². The lowest BCUT2D eigenvalue weighted by Gasteiger charge is -2.33. The molecule has 3 nitrogen and oxygen atoms in total. The van der Waals surface area contributed by atoms with E-state index in [1.807, 2.05) is 0 Å². The zero-order chi connectivity index (χ0) is 15.2. The van der Waals surface area contributed by atoms with Gasteiger partial charge in [0.1, 0.15) is 5.82 Å². The molecule has 3 heteroatoms. The maximum atomic E-state index is 4.91. The Morgan fingerprint density at radius 3 is 2.52 bits per heavy atom. The van der Waals surface area contributed by atoms with Crippen molar-refractivity contribution in [3.05, 3.63) is 23.9 Å². The number of rotatable bonds is 9. The summed E-state index contributed by atoms with van der Waals surface area (Å²) < 4.78 is 0. The summed E-state index contributed by atoms with van der Waals surface area (Å²) in [6, 6.07) is 7.79. The molecule has 0 aliphatic heterocycles. The Bertz CT molecular complexity index is 422. The molecular formula is C18H31N3. The number of nitrogens with zero attached hydrogens (tertiary/aromatic N) is 2. The van der Waals surface area contributed by atoms with Crippen molar-refractivity contribution in [3.8, 4) is 0 Å². The first kappa shape index (κ1) is 16.3. The van der Waals surface area contributed by atoms with Gasteiger partial charge in [0, 0.05) is 25.2 Å². The van der Waals surface area contributed by atoms with Crippen molar-refractivity contribution in [2.75, 3.05) is 11.4 Å². The van der Waals surface area contributed by atoms with E-state index in [1.165, 1.54) is 31.4 Å². The number of nitrogens with one attached hydrogen (secondary N) is 1. The molecule has 21 heavy (non-hydrogen) atoms. The Labute approximate surface area is 130 Å². The standard InChI is InChI=1S/C18H31N3/c1-5-17(6-2)21(13-14(3)4)18-9-7-8-16(20-18)12-19-15-10-11-15/h7-9,14-15,17,19H,5-6,10-13H2,1-4H3. The van der Waals surface area contributed by atoms with Gasteiger partial charge < -0.3 is 10.2 Å². The summed E-state index contributed by atoms with van der Waals surface area (Å²) >= 11 is 0. The minimum atomic E-state index is 0.589. The molecule has 1 saturated carbocycles. The number of aromatic nitrogens is 1. The molecule has 0 bridgehead atoms. The topological polar surface area (TPSA) is 28.2 Å². The van der Waals surface area contributed by atoms with E-state index in [9.17, 15) is 0 Å². The van der Waals surface area contributed by atoms with E-state index < -0.39 is 0 Å². The maximum Gasteiger partial charge on any atom is 0.129 e. The molecule has 1 aromatic heterocycles. The third kappa shape index (κ3) is 4.99. The molecule has 0 atom stereocenters. The highest BCUT2D eigenvalue weighted by molar-refractivity contribution is 5.40. The Balaban J connectivity index is 2.10. The predicted octanol–water partition coefficient (Wildman–Crippen LogP) is 3.98. The molecular weight excluding hydrogens is 258 g/mol. The molecule has 1 aromatic rings. The van der Waals surface area contributed by atoms with Crippen molar-refractivity contribution in [2.45, 2.75) is 72.0 Å². The molecule has 0 aromatic carbocycles. The molecule has 1 heterocycles. The fraction of sp³-hybridized carbons (Fsp3) is 0.722. The highest BCUT2D eigenvalue weighted by atomic mass is 15.2. The summed E-state index contributed by atoms with van der Waals surface area (Å²) in [6.45, 7) is 11.1. The molecule has 0 unspecified atom stereocenters. The lowest BCUT2D eigenvalue weighted by Crippen LogP contribution is -2.38. The summed E-state index contributed by atoms with van der Waals surface area (Å²) in [5.41, 5.74) is 1.17. The van der Waals surface area contributed by atoms with Crippen molar-refractivity contribution < 1.29 is 0 Å². The Kier molecular flexibility index (Phi) is 6.04. The molecule has 1 fully saturated rings. The normalized spacial score (nSPS) is 15.0. The van der Waals surface area contributed by atoms with Crippen molar-refractivity contribution in [1.29, 1.82) is 0 Å². The molecule has 0 spiro atoms. The average molecular weight is 289 g/mol. The molecule has 0 saturated heterocycles. The molecule has 0 amide bonds. The second kappa shape index (κ2) is 7.79. The van der Waals surface area contributed by atoms with E-state index >= 15 is 0 Å². The second-order valence-corrected chi connectivity index (χ2v) is 6.66. The summed E-state index contributed by atoms with van der Waals surface area (Å²) in [4.78, 5) is 7.41. The van der Waals surface area contributed by atoms with Crippen LogP contribution >= 0.6 is 0 Å². The van der Waals surface area contributed by atoms with Gasteiger partial charge in [0.15, 0.2) is 0 Å². The van der Waals surface area contributed by atoms with Crippen LogP contribution in [0.3, 0.4) is 0 Å². The van der Waals surface area contributed by atoms with Gasteiger partial charge in [-0.15, -0.1) is 0 Å². The van der Waals surface area contributed by atoms with Gasteiger partial charge in [-0.05, 0) is 43.7 Å². The van der Waals surface area contributed by atoms with Crippen molar-refractivity contribution in [2.24, 2.45) is 5.92 Å². The van der Waals surface area contributed by atoms with Gasteiger partial charge in [0.05, 0.1) is 5.69 Å². The largest absolute Gasteiger partial charge is 0.353 e. The van der Waals surface area contributed by atoms with Gasteiger partial charge in [-0.1, -0.05) is 33.8 Å². The zero-order valence-electron chi connectivity index (χ0n) is 14.1. The smallest absolute Gasteiger partial charge is 0.129 e. The monoisotopic (exact) mass is 289 g/mol. The van der Waals surface area contributed by atoms with Gasteiger partial charge in [0.25, 0.3) is 0 Å². The summed E-state index contributed by atoms with van der Waals surface area (Å²) in [6.07, 6.45) is 5.00. The molecule has 118 valence electrons. The van der Waals surface area contributed by atoms with E-state index in [0.29, 0.717) is 12.0 Å². The van der Waals surface area contributed by atoms with Gasteiger partial charge >= 0.3 is 0 Å². The molecule has 2 rings (SSSR count).